The average Bonchev–Trinajstić information content (AvgIpc) is 2.15. The zero-order valence-electron chi connectivity index (χ0n) is 7.57. The molecule has 4 heteroatoms. The van der Waals surface area contributed by atoms with E-state index in [-0.39, 0.29) is 11.3 Å². The van der Waals surface area contributed by atoms with Gasteiger partial charge in [-0.05, 0) is 24.9 Å². The summed E-state index contributed by atoms with van der Waals surface area (Å²) in [5, 5.41) is 0. The molecule has 0 aliphatic rings. The first-order valence-electron chi connectivity index (χ1n) is 3.89. The molecular formula is C10H10FN3. The third-order valence-electron chi connectivity index (χ3n) is 1.53. The van der Waals surface area contributed by atoms with E-state index in [1.54, 1.807) is 12.1 Å². The van der Waals surface area contributed by atoms with E-state index < -0.39 is 5.95 Å². The third kappa shape index (κ3) is 2.26. The number of hydrogen-bond donors (Lipinski definition) is 1. The van der Waals surface area contributed by atoms with Gasteiger partial charge in [-0.1, -0.05) is 6.58 Å². The summed E-state index contributed by atoms with van der Waals surface area (Å²) in [7, 11) is 0. The molecule has 3 nitrogen and oxygen atoms in total. The van der Waals surface area contributed by atoms with Crippen molar-refractivity contribution in [1.29, 1.82) is 0 Å². The quantitative estimate of drug-likeness (QED) is 0.449. The lowest BCUT2D eigenvalue weighted by molar-refractivity contribution is 0.579. The zero-order valence-corrected chi connectivity index (χ0v) is 7.57. The van der Waals surface area contributed by atoms with Gasteiger partial charge in [0.25, 0.3) is 0 Å². The van der Waals surface area contributed by atoms with Gasteiger partial charge in [0, 0.05) is 11.9 Å². The Morgan fingerprint density at radius 1 is 1.64 bits per heavy atom. The third-order valence-corrected chi connectivity index (χ3v) is 1.53. The van der Waals surface area contributed by atoms with Gasteiger partial charge >= 0.3 is 0 Å². The maximum absolute atomic E-state index is 13.2. The molecular weight excluding hydrogens is 181 g/mol. The van der Waals surface area contributed by atoms with Crippen molar-refractivity contribution in [3.63, 3.8) is 0 Å². The monoisotopic (exact) mass is 191 g/mol. The highest BCUT2D eigenvalue weighted by atomic mass is 19.1. The molecule has 0 radical (unpaired) electrons. The Bertz CT molecular complexity index is 396. The summed E-state index contributed by atoms with van der Waals surface area (Å²) < 4.78 is 13.2. The highest BCUT2D eigenvalue weighted by molar-refractivity contribution is 5.69. The Hall–Kier alpha value is -1.97. The number of aromatic nitrogens is 1. The molecule has 0 fully saturated rings. The first-order valence-corrected chi connectivity index (χ1v) is 3.89. The molecule has 0 atom stereocenters. The predicted molar refractivity (Wildman–Crippen MR) is 55.0 cm³/mol. The van der Waals surface area contributed by atoms with E-state index in [0.29, 0.717) is 5.70 Å². The molecule has 0 aliphatic carbocycles. The van der Waals surface area contributed by atoms with Crippen molar-refractivity contribution in [3.05, 3.63) is 48.2 Å². The molecule has 0 aromatic carbocycles. The van der Waals surface area contributed by atoms with E-state index in [1.165, 1.54) is 12.3 Å². The Morgan fingerprint density at radius 3 is 2.86 bits per heavy atom. The largest absolute Gasteiger partial charge is 0.399 e. The molecule has 1 aromatic heterocycles. The number of halogens is 1. The Labute approximate surface area is 81.5 Å². The first kappa shape index (κ1) is 10.1. The molecule has 2 N–H and O–H groups in total. The molecule has 0 saturated carbocycles. The summed E-state index contributed by atoms with van der Waals surface area (Å²) in [6.07, 6.45) is 2.80. The van der Waals surface area contributed by atoms with Crippen molar-refractivity contribution in [1.82, 2.24) is 4.98 Å². The second-order valence-electron chi connectivity index (χ2n) is 2.60. The molecule has 14 heavy (non-hydrogen) atoms. The summed E-state index contributed by atoms with van der Waals surface area (Å²) >= 11 is 0. The normalized spacial score (nSPS) is 11.1. The highest BCUT2D eigenvalue weighted by Crippen LogP contribution is 2.17. The first-order chi connectivity index (χ1) is 6.65. The van der Waals surface area contributed by atoms with Gasteiger partial charge in [0.1, 0.15) is 0 Å². The van der Waals surface area contributed by atoms with Crippen molar-refractivity contribution < 1.29 is 4.39 Å². The standard InChI is InChI=1S/C10H10FN3/c1-7(12)6-9(13-2)8-4-3-5-14-10(8)11/h3-6H,1-2,12H2/b9-6-. The van der Waals surface area contributed by atoms with Gasteiger partial charge in [0.05, 0.1) is 11.3 Å². The van der Waals surface area contributed by atoms with Crippen LogP contribution in [0, 0.1) is 5.95 Å². The minimum absolute atomic E-state index is 0.258. The van der Waals surface area contributed by atoms with E-state index in [9.17, 15) is 4.39 Å². The van der Waals surface area contributed by atoms with Gasteiger partial charge in [-0.15, -0.1) is 0 Å². The van der Waals surface area contributed by atoms with Crippen LogP contribution in [0.25, 0.3) is 5.70 Å². The van der Waals surface area contributed by atoms with Crippen LogP contribution in [0.2, 0.25) is 0 Å². The second kappa shape index (κ2) is 4.32. The van der Waals surface area contributed by atoms with Crippen LogP contribution < -0.4 is 5.73 Å². The molecule has 1 aromatic rings. The van der Waals surface area contributed by atoms with Crippen LogP contribution in [-0.4, -0.2) is 11.7 Å². The summed E-state index contributed by atoms with van der Waals surface area (Å²) in [4.78, 5) is 7.14. The van der Waals surface area contributed by atoms with E-state index in [4.69, 9.17) is 5.73 Å². The van der Waals surface area contributed by atoms with E-state index in [2.05, 4.69) is 23.3 Å². The topological polar surface area (TPSA) is 51.3 Å². The van der Waals surface area contributed by atoms with Gasteiger partial charge in [0.15, 0.2) is 0 Å². The molecule has 0 saturated heterocycles. The van der Waals surface area contributed by atoms with Gasteiger partial charge in [-0.2, -0.15) is 4.39 Å². The zero-order chi connectivity index (χ0) is 10.6. The fourth-order valence-electron chi connectivity index (χ4n) is 0.961. The molecule has 1 rings (SSSR count). The Kier molecular flexibility index (Phi) is 3.12. The van der Waals surface area contributed by atoms with Gasteiger partial charge in [-0.3, -0.25) is 4.99 Å². The number of aliphatic imine (C=N–C) groups is 1. The van der Waals surface area contributed by atoms with Crippen LogP contribution in [0.5, 0.6) is 0 Å². The maximum Gasteiger partial charge on any atom is 0.222 e. The van der Waals surface area contributed by atoms with E-state index in [1.807, 2.05) is 0 Å². The van der Waals surface area contributed by atoms with Gasteiger partial charge in [-0.25, -0.2) is 4.98 Å². The van der Waals surface area contributed by atoms with Crippen molar-refractivity contribution in [2.75, 3.05) is 0 Å². The average molecular weight is 191 g/mol. The van der Waals surface area contributed by atoms with Crippen LogP contribution >= 0.6 is 0 Å². The fraction of sp³-hybridized carbons (Fsp3) is 0. The summed E-state index contributed by atoms with van der Waals surface area (Å²) in [6.45, 7) is 6.79. The minimum Gasteiger partial charge on any atom is -0.399 e. The van der Waals surface area contributed by atoms with Crippen molar-refractivity contribution in [3.8, 4) is 0 Å². The van der Waals surface area contributed by atoms with Crippen molar-refractivity contribution in [2.45, 2.75) is 0 Å². The summed E-state index contributed by atoms with van der Waals surface area (Å²) in [6, 6.07) is 3.16. The molecule has 0 aliphatic heterocycles. The second-order valence-corrected chi connectivity index (χ2v) is 2.60. The van der Waals surface area contributed by atoms with Crippen LogP contribution in [0.4, 0.5) is 4.39 Å². The number of hydrogen-bond acceptors (Lipinski definition) is 3. The SMILES string of the molecule is C=N/C(=C\C(=C)N)c1cccnc1F. The van der Waals surface area contributed by atoms with Crippen LogP contribution in [-0.2, 0) is 0 Å². The molecule has 0 amide bonds. The number of nitrogens with two attached hydrogens (primary N) is 1. The maximum atomic E-state index is 13.2. The Morgan fingerprint density at radius 2 is 2.36 bits per heavy atom. The lowest BCUT2D eigenvalue weighted by atomic mass is 10.2. The van der Waals surface area contributed by atoms with Crippen LogP contribution in [0.1, 0.15) is 5.56 Å². The van der Waals surface area contributed by atoms with Crippen molar-refractivity contribution >= 4 is 12.4 Å². The lowest BCUT2D eigenvalue weighted by Crippen LogP contribution is -1.95. The van der Waals surface area contributed by atoms with Gasteiger partial charge < -0.3 is 5.73 Å². The molecule has 0 bridgehead atoms. The molecule has 72 valence electrons. The van der Waals surface area contributed by atoms with Crippen LogP contribution in [0.15, 0.2) is 41.7 Å². The summed E-state index contributed by atoms with van der Waals surface area (Å²) in [5.41, 5.74) is 6.22. The predicted octanol–water partition coefficient (Wildman–Crippen LogP) is 1.73. The Balaban J connectivity index is 3.20. The van der Waals surface area contributed by atoms with Crippen molar-refractivity contribution in [2.24, 2.45) is 10.7 Å². The molecule has 0 spiro atoms. The summed E-state index contributed by atoms with van der Waals surface area (Å²) in [5.74, 6) is -0.604. The smallest absolute Gasteiger partial charge is 0.222 e. The fourth-order valence-corrected chi connectivity index (χ4v) is 0.961. The number of pyridine rings is 1. The highest BCUT2D eigenvalue weighted by Gasteiger charge is 2.06. The molecule has 0 unspecified atom stereocenters. The number of allylic oxidation sites excluding steroid dienone is 1. The minimum atomic E-state index is -0.604. The van der Waals surface area contributed by atoms with Gasteiger partial charge in [0.2, 0.25) is 5.95 Å². The molecule has 1 heterocycles. The van der Waals surface area contributed by atoms with E-state index >= 15 is 0 Å². The van der Waals surface area contributed by atoms with E-state index in [0.717, 1.165) is 0 Å². The number of rotatable bonds is 3. The lowest BCUT2D eigenvalue weighted by Gasteiger charge is -2.01. The number of nitrogens with zero attached hydrogens (tertiary/aromatic N) is 2. The van der Waals surface area contributed by atoms with Crippen LogP contribution in [0.3, 0.4) is 0 Å².